The largest absolute Gasteiger partial charge is 0.390 e. The van der Waals surface area contributed by atoms with E-state index in [1.807, 2.05) is 13.8 Å². The molecule has 0 bridgehead atoms. The van der Waals surface area contributed by atoms with E-state index in [1.165, 1.54) is 0 Å². The summed E-state index contributed by atoms with van der Waals surface area (Å²) in [5.41, 5.74) is -0.397. The highest BCUT2D eigenvalue weighted by molar-refractivity contribution is 6.35. The van der Waals surface area contributed by atoms with Crippen molar-refractivity contribution in [3.63, 3.8) is 0 Å². The van der Waals surface area contributed by atoms with Crippen LogP contribution in [0.15, 0.2) is 18.2 Å². The van der Waals surface area contributed by atoms with E-state index in [0.29, 0.717) is 28.5 Å². The molecule has 0 heterocycles. The Balaban J connectivity index is 2.91. The molecule has 0 aliphatic carbocycles. The van der Waals surface area contributed by atoms with Crippen molar-refractivity contribution in [3.05, 3.63) is 33.8 Å². The van der Waals surface area contributed by atoms with Crippen molar-refractivity contribution in [1.82, 2.24) is 0 Å². The Hall–Kier alpha value is -0.280. The molecule has 0 saturated heterocycles. The first kappa shape index (κ1) is 14.8. The van der Waals surface area contributed by atoms with Crippen LogP contribution in [0.25, 0.3) is 0 Å². The number of rotatable bonds is 5. The first-order valence-electron chi connectivity index (χ1n) is 5.78. The zero-order valence-corrected chi connectivity index (χ0v) is 11.6. The van der Waals surface area contributed by atoms with Crippen LogP contribution in [0, 0.1) is 0 Å². The minimum absolute atomic E-state index is 0.261. The SMILES string of the molecule is CCC(O)(CC)C(O)Cc1c(Cl)cccc1Cl. The number of halogens is 2. The van der Waals surface area contributed by atoms with Crippen LogP contribution in [-0.4, -0.2) is 21.9 Å². The second-order valence-electron chi connectivity index (χ2n) is 4.23. The molecule has 0 aliphatic rings. The number of benzene rings is 1. The lowest BCUT2D eigenvalue weighted by atomic mass is 9.87. The first-order valence-corrected chi connectivity index (χ1v) is 6.53. The molecule has 0 fully saturated rings. The zero-order valence-electron chi connectivity index (χ0n) is 10.1. The number of hydrogen-bond acceptors (Lipinski definition) is 2. The first-order chi connectivity index (χ1) is 7.94. The second-order valence-corrected chi connectivity index (χ2v) is 5.05. The molecule has 0 spiro atoms. The third-order valence-electron chi connectivity index (χ3n) is 3.30. The highest BCUT2D eigenvalue weighted by Crippen LogP contribution is 2.29. The molecule has 0 aliphatic heterocycles. The second kappa shape index (κ2) is 6.05. The Labute approximate surface area is 112 Å². The minimum atomic E-state index is -1.08. The Bertz CT molecular complexity index is 355. The van der Waals surface area contributed by atoms with Gasteiger partial charge in [-0.3, -0.25) is 0 Å². The number of hydrogen-bond donors (Lipinski definition) is 2. The van der Waals surface area contributed by atoms with Crippen LogP contribution in [0.5, 0.6) is 0 Å². The molecule has 17 heavy (non-hydrogen) atoms. The van der Waals surface area contributed by atoms with Gasteiger partial charge < -0.3 is 10.2 Å². The van der Waals surface area contributed by atoms with Gasteiger partial charge in [-0.05, 0) is 30.5 Å². The van der Waals surface area contributed by atoms with Gasteiger partial charge in [0.15, 0.2) is 0 Å². The van der Waals surface area contributed by atoms with E-state index in [0.717, 1.165) is 0 Å². The van der Waals surface area contributed by atoms with E-state index in [4.69, 9.17) is 23.2 Å². The Morgan fingerprint density at radius 2 is 1.65 bits per heavy atom. The lowest BCUT2D eigenvalue weighted by Crippen LogP contribution is -2.42. The molecule has 1 aromatic rings. The van der Waals surface area contributed by atoms with Crippen molar-refractivity contribution in [2.75, 3.05) is 0 Å². The predicted octanol–water partition coefficient (Wildman–Crippen LogP) is 3.45. The molecule has 0 saturated carbocycles. The van der Waals surface area contributed by atoms with Gasteiger partial charge in [0.1, 0.15) is 0 Å². The highest BCUT2D eigenvalue weighted by atomic mass is 35.5. The van der Waals surface area contributed by atoms with Crippen molar-refractivity contribution in [2.24, 2.45) is 0 Å². The lowest BCUT2D eigenvalue weighted by Gasteiger charge is -2.31. The van der Waals surface area contributed by atoms with Gasteiger partial charge in [-0.1, -0.05) is 43.1 Å². The average Bonchev–Trinajstić information content (AvgIpc) is 2.32. The molecule has 0 aromatic heterocycles. The van der Waals surface area contributed by atoms with Crippen molar-refractivity contribution in [1.29, 1.82) is 0 Å². The van der Waals surface area contributed by atoms with Crippen LogP contribution in [0.2, 0.25) is 10.0 Å². The summed E-state index contributed by atoms with van der Waals surface area (Å²) in [6.45, 7) is 3.70. The summed E-state index contributed by atoms with van der Waals surface area (Å²) in [5.74, 6) is 0. The van der Waals surface area contributed by atoms with Crippen molar-refractivity contribution >= 4 is 23.2 Å². The maximum absolute atomic E-state index is 10.2. The molecular formula is C13H18Cl2O2. The van der Waals surface area contributed by atoms with Gasteiger partial charge in [0, 0.05) is 16.5 Å². The molecule has 4 heteroatoms. The molecule has 2 nitrogen and oxygen atoms in total. The molecule has 1 atom stereocenters. The molecular weight excluding hydrogens is 259 g/mol. The Morgan fingerprint density at radius 1 is 1.18 bits per heavy atom. The molecule has 1 unspecified atom stereocenters. The van der Waals surface area contributed by atoms with Gasteiger partial charge in [0.2, 0.25) is 0 Å². The highest BCUT2D eigenvalue weighted by Gasteiger charge is 2.32. The fraction of sp³-hybridized carbons (Fsp3) is 0.538. The third-order valence-corrected chi connectivity index (χ3v) is 4.01. The minimum Gasteiger partial charge on any atom is -0.390 e. The van der Waals surface area contributed by atoms with Crippen molar-refractivity contribution < 1.29 is 10.2 Å². The maximum Gasteiger partial charge on any atom is 0.0903 e. The van der Waals surface area contributed by atoms with Crippen LogP contribution >= 0.6 is 23.2 Å². The number of aliphatic hydroxyl groups is 2. The van der Waals surface area contributed by atoms with Crippen LogP contribution in [0.4, 0.5) is 0 Å². The topological polar surface area (TPSA) is 40.5 Å². The van der Waals surface area contributed by atoms with E-state index < -0.39 is 11.7 Å². The summed E-state index contributed by atoms with van der Waals surface area (Å²) in [6, 6.07) is 5.21. The fourth-order valence-corrected chi connectivity index (χ4v) is 2.38. The van der Waals surface area contributed by atoms with Gasteiger partial charge in [0.05, 0.1) is 11.7 Å². The molecule has 1 aromatic carbocycles. The summed E-state index contributed by atoms with van der Waals surface area (Å²) in [5, 5.41) is 21.3. The summed E-state index contributed by atoms with van der Waals surface area (Å²) < 4.78 is 0. The van der Waals surface area contributed by atoms with Gasteiger partial charge in [0.25, 0.3) is 0 Å². The van der Waals surface area contributed by atoms with E-state index in [1.54, 1.807) is 18.2 Å². The molecule has 2 N–H and O–H groups in total. The van der Waals surface area contributed by atoms with Gasteiger partial charge in [-0.25, -0.2) is 0 Å². The Kier molecular flexibility index (Phi) is 5.26. The summed E-state index contributed by atoms with van der Waals surface area (Å²) >= 11 is 12.1. The molecule has 0 radical (unpaired) electrons. The molecule has 1 rings (SSSR count). The summed E-state index contributed by atoms with van der Waals surface area (Å²) in [7, 11) is 0. The third kappa shape index (κ3) is 3.35. The quantitative estimate of drug-likeness (QED) is 0.865. The van der Waals surface area contributed by atoms with Crippen LogP contribution in [-0.2, 0) is 6.42 Å². The molecule has 96 valence electrons. The lowest BCUT2D eigenvalue weighted by molar-refractivity contribution is -0.0790. The van der Waals surface area contributed by atoms with Crippen LogP contribution < -0.4 is 0 Å². The fourth-order valence-electron chi connectivity index (χ4n) is 1.83. The van der Waals surface area contributed by atoms with E-state index in [9.17, 15) is 10.2 Å². The monoisotopic (exact) mass is 276 g/mol. The van der Waals surface area contributed by atoms with Crippen molar-refractivity contribution in [2.45, 2.75) is 44.8 Å². The van der Waals surface area contributed by atoms with E-state index >= 15 is 0 Å². The normalized spacial score (nSPS) is 13.8. The van der Waals surface area contributed by atoms with Crippen LogP contribution in [0.1, 0.15) is 32.3 Å². The predicted molar refractivity (Wildman–Crippen MR) is 71.7 cm³/mol. The van der Waals surface area contributed by atoms with Crippen molar-refractivity contribution in [3.8, 4) is 0 Å². The zero-order chi connectivity index (χ0) is 13.1. The summed E-state index contributed by atoms with van der Waals surface area (Å²) in [6.07, 6.45) is 0.380. The maximum atomic E-state index is 10.2. The summed E-state index contributed by atoms with van der Waals surface area (Å²) in [4.78, 5) is 0. The van der Waals surface area contributed by atoms with Crippen LogP contribution in [0.3, 0.4) is 0 Å². The van der Waals surface area contributed by atoms with Gasteiger partial charge in [-0.15, -0.1) is 0 Å². The van der Waals surface area contributed by atoms with E-state index in [-0.39, 0.29) is 6.42 Å². The molecule has 0 amide bonds. The Morgan fingerprint density at radius 3 is 2.06 bits per heavy atom. The van der Waals surface area contributed by atoms with Gasteiger partial charge >= 0.3 is 0 Å². The standard InChI is InChI=1S/C13H18Cl2O2/c1-3-13(17,4-2)12(16)8-9-10(14)6-5-7-11(9)15/h5-7,12,16-17H,3-4,8H2,1-2H3. The average molecular weight is 277 g/mol. The van der Waals surface area contributed by atoms with Gasteiger partial charge in [-0.2, -0.15) is 0 Å². The smallest absolute Gasteiger partial charge is 0.0903 e. The number of aliphatic hydroxyl groups excluding tert-OH is 1. The van der Waals surface area contributed by atoms with E-state index in [2.05, 4.69) is 0 Å².